The fourth-order valence-corrected chi connectivity index (χ4v) is 2.43. The monoisotopic (exact) mass is 352 g/mol. The number of amides is 2. The standard InChI is InChI=1S/C20H20N2O4/c1-14(21-19(23)10-7-15-5-3-2-4-6-15)20(24)22-16-8-9-17-18(13-16)26-12-11-25-17/h2-10,13-14H,11-12H2,1H3,(H,21,23)(H,22,24)/b10-7+. The molecule has 1 aliphatic heterocycles. The molecule has 0 fully saturated rings. The van der Waals surface area contributed by atoms with Crippen molar-refractivity contribution in [1.29, 1.82) is 0 Å². The third kappa shape index (κ3) is 4.63. The Morgan fingerprint density at radius 3 is 2.54 bits per heavy atom. The Morgan fingerprint density at radius 2 is 1.77 bits per heavy atom. The van der Waals surface area contributed by atoms with Gasteiger partial charge in [-0.05, 0) is 30.7 Å². The Hall–Kier alpha value is -3.28. The number of carbonyl (C=O) groups excluding carboxylic acids is 2. The zero-order valence-corrected chi connectivity index (χ0v) is 14.4. The zero-order valence-electron chi connectivity index (χ0n) is 14.4. The van der Waals surface area contributed by atoms with E-state index in [0.717, 1.165) is 5.56 Å². The predicted molar refractivity (Wildman–Crippen MR) is 99.1 cm³/mol. The minimum absolute atomic E-state index is 0.317. The van der Waals surface area contributed by atoms with Gasteiger partial charge in [0.2, 0.25) is 11.8 Å². The van der Waals surface area contributed by atoms with Gasteiger partial charge in [-0.3, -0.25) is 9.59 Å². The number of hydrogen-bond acceptors (Lipinski definition) is 4. The van der Waals surface area contributed by atoms with Crippen molar-refractivity contribution in [1.82, 2.24) is 5.32 Å². The topological polar surface area (TPSA) is 76.7 Å². The van der Waals surface area contributed by atoms with Crippen LogP contribution >= 0.6 is 0 Å². The fourth-order valence-electron chi connectivity index (χ4n) is 2.43. The summed E-state index contributed by atoms with van der Waals surface area (Å²) in [5, 5.41) is 5.40. The Balaban J connectivity index is 1.54. The number of anilines is 1. The van der Waals surface area contributed by atoms with Crippen LogP contribution in [0.3, 0.4) is 0 Å². The summed E-state index contributed by atoms with van der Waals surface area (Å²) >= 11 is 0. The second-order valence-electron chi connectivity index (χ2n) is 5.82. The molecule has 1 heterocycles. The summed E-state index contributed by atoms with van der Waals surface area (Å²) in [6.07, 6.45) is 3.10. The number of carbonyl (C=O) groups is 2. The molecule has 3 rings (SSSR count). The first kappa shape index (κ1) is 17.5. The molecule has 2 aromatic rings. The van der Waals surface area contributed by atoms with E-state index in [1.807, 2.05) is 30.3 Å². The molecule has 2 N–H and O–H groups in total. The number of benzene rings is 2. The van der Waals surface area contributed by atoms with E-state index in [1.54, 1.807) is 31.2 Å². The molecule has 0 aromatic heterocycles. The first-order valence-corrected chi connectivity index (χ1v) is 8.36. The van der Waals surface area contributed by atoms with Gasteiger partial charge in [-0.1, -0.05) is 30.3 Å². The molecular weight excluding hydrogens is 332 g/mol. The van der Waals surface area contributed by atoms with E-state index in [-0.39, 0.29) is 11.8 Å². The van der Waals surface area contributed by atoms with Gasteiger partial charge < -0.3 is 20.1 Å². The molecule has 6 heteroatoms. The summed E-state index contributed by atoms with van der Waals surface area (Å²) in [5.74, 6) is 0.597. The van der Waals surface area contributed by atoms with Gasteiger partial charge in [-0.25, -0.2) is 0 Å². The molecule has 1 aliphatic rings. The second-order valence-corrected chi connectivity index (χ2v) is 5.82. The van der Waals surface area contributed by atoms with Crippen molar-refractivity contribution in [3.8, 4) is 11.5 Å². The third-order valence-electron chi connectivity index (χ3n) is 3.79. The Morgan fingerprint density at radius 1 is 1.04 bits per heavy atom. The first-order valence-electron chi connectivity index (χ1n) is 8.36. The van der Waals surface area contributed by atoms with Gasteiger partial charge in [-0.2, -0.15) is 0 Å². The molecule has 1 atom stereocenters. The molecule has 0 saturated carbocycles. The maximum Gasteiger partial charge on any atom is 0.246 e. The van der Waals surface area contributed by atoms with Crippen molar-refractivity contribution >= 4 is 23.6 Å². The van der Waals surface area contributed by atoms with Gasteiger partial charge in [0.1, 0.15) is 19.3 Å². The Labute approximate surface area is 151 Å². The summed E-state index contributed by atoms with van der Waals surface area (Å²) in [5.41, 5.74) is 1.50. The van der Waals surface area contributed by atoms with E-state index in [0.29, 0.717) is 30.4 Å². The number of hydrogen-bond donors (Lipinski definition) is 2. The van der Waals surface area contributed by atoms with Crippen LogP contribution in [-0.4, -0.2) is 31.1 Å². The lowest BCUT2D eigenvalue weighted by molar-refractivity contribution is -0.123. The number of ether oxygens (including phenoxy) is 2. The molecule has 0 spiro atoms. The lowest BCUT2D eigenvalue weighted by atomic mass is 10.2. The summed E-state index contributed by atoms with van der Waals surface area (Å²) in [6, 6.07) is 14.0. The highest BCUT2D eigenvalue weighted by Crippen LogP contribution is 2.32. The van der Waals surface area contributed by atoms with Crippen molar-refractivity contribution in [2.75, 3.05) is 18.5 Å². The number of rotatable bonds is 5. The molecule has 0 aliphatic carbocycles. The lowest BCUT2D eigenvalue weighted by Gasteiger charge is -2.19. The third-order valence-corrected chi connectivity index (χ3v) is 3.79. The summed E-state index contributed by atoms with van der Waals surface area (Å²) in [4.78, 5) is 24.2. The van der Waals surface area contributed by atoms with Gasteiger partial charge in [0.15, 0.2) is 11.5 Å². The molecule has 0 bridgehead atoms. The van der Waals surface area contributed by atoms with Crippen LogP contribution in [0.1, 0.15) is 12.5 Å². The maximum absolute atomic E-state index is 12.3. The van der Waals surface area contributed by atoms with Crippen molar-refractivity contribution in [3.63, 3.8) is 0 Å². The van der Waals surface area contributed by atoms with E-state index in [1.165, 1.54) is 6.08 Å². The quantitative estimate of drug-likeness (QED) is 0.811. The van der Waals surface area contributed by atoms with Crippen molar-refractivity contribution < 1.29 is 19.1 Å². The van der Waals surface area contributed by atoms with Crippen LogP contribution in [-0.2, 0) is 9.59 Å². The molecule has 134 valence electrons. The van der Waals surface area contributed by atoms with Gasteiger partial charge in [0.05, 0.1) is 0 Å². The molecule has 0 radical (unpaired) electrons. The summed E-state index contributed by atoms with van der Waals surface area (Å²) in [6.45, 7) is 2.62. The van der Waals surface area contributed by atoms with E-state index in [2.05, 4.69) is 10.6 Å². The number of fused-ring (bicyclic) bond motifs is 1. The normalized spacial score (nSPS) is 13.9. The fraction of sp³-hybridized carbons (Fsp3) is 0.200. The minimum atomic E-state index is -0.684. The van der Waals surface area contributed by atoms with E-state index >= 15 is 0 Å². The van der Waals surface area contributed by atoms with Gasteiger partial charge in [0.25, 0.3) is 0 Å². The molecular formula is C20H20N2O4. The van der Waals surface area contributed by atoms with Crippen molar-refractivity contribution in [2.45, 2.75) is 13.0 Å². The molecule has 26 heavy (non-hydrogen) atoms. The molecule has 1 unspecified atom stereocenters. The smallest absolute Gasteiger partial charge is 0.246 e. The van der Waals surface area contributed by atoms with E-state index in [9.17, 15) is 9.59 Å². The first-order chi connectivity index (χ1) is 12.6. The SMILES string of the molecule is CC(NC(=O)/C=C/c1ccccc1)C(=O)Nc1ccc2c(c1)OCCO2. The Bertz CT molecular complexity index is 818. The van der Waals surface area contributed by atoms with E-state index in [4.69, 9.17) is 9.47 Å². The van der Waals surface area contributed by atoms with Crippen LogP contribution in [0.25, 0.3) is 6.08 Å². The highest BCUT2D eigenvalue weighted by Gasteiger charge is 2.17. The predicted octanol–water partition coefficient (Wildman–Crippen LogP) is 2.61. The molecule has 0 saturated heterocycles. The van der Waals surface area contributed by atoms with Crippen LogP contribution < -0.4 is 20.1 Å². The van der Waals surface area contributed by atoms with Gasteiger partial charge >= 0.3 is 0 Å². The van der Waals surface area contributed by atoms with Crippen LogP contribution in [0.5, 0.6) is 11.5 Å². The van der Waals surface area contributed by atoms with Gasteiger partial charge in [0, 0.05) is 17.8 Å². The summed E-state index contributed by atoms with van der Waals surface area (Å²) in [7, 11) is 0. The zero-order chi connectivity index (χ0) is 18.4. The highest BCUT2D eigenvalue weighted by atomic mass is 16.6. The van der Waals surface area contributed by atoms with Gasteiger partial charge in [-0.15, -0.1) is 0 Å². The maximum atomic E-state index is 12.3. The Kier molecular flexibility index (Phi) is 5.53. The molecule has 6 nitrogen and oxygen atoms in total. The van der Waals surface area contributed by atoms with Crippen LogP contribution in [0.2, 0.25) is 0 Å². The number of nitrogens with one attached hydrogen (secondary N) is 2. The van der Waals surface area contributed by atoms with Crippen molar-refractivity contribution in [3.05, 3.63) is 60.2 Å². The average Bonchev–Trinajstić information content (AvgIpc) is 2.67. The van der Waals surface area contributed by atoms with Crippen molar-refractivity contribution in [2.24, 2.45) is 0 Å². The molecule has 2 amide bonds. The summed E-state index contributed by atoms with van der Waals surface area (Å²) < 4.78 is 10.9. The highest BCUT2D eigenvalue weighted by molar-refractivity contribution is 5.99. The van der Waals surface area contributed by atoms with Crippen LogP contribution in [0.15, 0.2) is 54.6 Å². The lowest BCUT2D eigenvalue weighted by Crippen LogP contribution is -2.40. The largest absolute Gasteiger partial charge is 0.486 e. The average molecular weight is 352 g/mol. The van der Waals surface area contributed by atoms with E-state index < -0.39 is 6.04 Å². The minimum Gasteiger partial charge on any atom is -0.486 e. The second kappa shape index (κ2) is 8.20. The van der Waals surface area contributed by atoms with Crippen LogP contribution in [0.4, 0.5) is 5.69 Å². The van der Waals surface area contributed by atoms with Crippen LogP contribution in [0, 0.1) is 0 Å². The molecule has 2 aromatic carbocycles.